The van der Waals surface area contributed by atoms with Gasteiger partial charge in [-0.1, -0.05) is 12.1 Å². The van der Waals surface area contributed by atoms with Crippen LogP contribution >= 0.6 is 0 Å². The summed E-state index contributed by atoms with van der Waals surface area (Å²) in [5.41, 5.74) is 8.23. The highest BCUT2D eigenvalue weighted by Gasteiger charge is 2.07. The summed E-state index contributed by atoms with van der Waals surface area (Å²) in [4.78, 5) is 0. The van der Waals surface area contributed by atoms with Crippen LogP contribution in [0.15, 0.2) is 36.4 Å². The zero-order chi connectivity index (χ0) is 13.8. The number of halogens is 1. The predicted octanol–water partition coefficient (Wildman–Crippen LogP) is 3.17. The van der Waals surface area contributed by atoms with Gasteiger partial charge in [-0.3, -0.25) is 0 Å². The van der Waals surface area contributed by atoms with E-state index in [0.717, 1.165) is 11.1 Å². The number of ether oxygens (including phenoxy) is 1. The summed E-state index contributed by atoms with van der Waals surface area (Å²) in [6, 6.07) is 11.8. The van der Waals surface area contributed by atoms with E-state index in [4.69, 9.17) is 15.7 Å². The van der Waals surface area contributed by atoms with Gasteiger partial charge >= 0.3 is 0 Å². The maximum atomic E-state index is 13.6. The molecule has 0 spiro atoms. The molecule has 0 aromatic heterocycles. The Balaban J connectivity index is 2.10. The van der Waals surface area contributed by atoms with Crippen molar-refractivity contribution in [2.75, 3.05) is 5.73 Å². The van der Waals surface area contributed by atoms with Gasteiger partial charge in [0.2, 0.25) is 0 Å². The average molecular weight is 256 g/mol. The fourth-order valence-electron chi connectivity index (χ4n) is 1.62. The molecule has 0 saturated heterocycles. The molecule has 0 aliphatic carbocycles. The fraction of sp³-hybridized carbons (Fsp3) is 0.133. The Labute approximate surface area is 111 Å². The number of nitriles is 1. The minimum absolute atomic E-state index is 0.177. The van der Waals surface area contributed by atoms with E-state index in [-0.39, 0.29) is 12.4 Å². The first kappa shape index (κ1) is 12.9. The number of hydrogen-bond acceptors (Lipinski definition) is 3. The summed E-state index contributed by atoms with van der Waals surface area (Å²) in [5.74, 6) is -0.298. The number of hydrogen-bond donors (Lipinski definition) is 1. The lowest BCUT2D eigenvalue weighted by Crippen LogP contribution is -1.99. The van der Waals surface area contributed by atoms with Gasteiger partial charge in [-0.2, -0.15) is 5.26 Å². The van der Waals surface area contributed by atoms with E-state index >= 15 is 0 Å². The summed E-state index contributed by atoms with van der Waals surface area (Å²) in [6.45, 7) is 2.04. The molecule has 0 heterocycles. The van der Waals surface area contributed by atoms with Gasteiger partial charge in [-0.15, -0.1) is 0 Å². The van der Waals surface area contributed by atoms with E-state index in [1.165, 1.54) is 6.07 Å². The van der Waals surface area contributed by atoms with Crippen LogP contribution in [0.1, 0.15) is 16.7 Å². The van der Waals surface area contributed by atoms with Crippen LogP contribution in [0.5, 0.6) is 5.75 Å². The highest BCUT2D eigenvalue weighted by Crippen LogP contribution is 2.24. The molecule has 0 unspecified atom stereocenters. The van der Waals surface area contributed by atoms with Gasteiger partial charge in [-0.25, -0.2) is 4.39 Å². The molecule has 4 heteroatoms. The van der Waals surface area contributed by atoms with Gasteiger partial charge in [0.1, 0.15) is 6.61 Å². The van der Waals surface area contributed by atoms with E-state index in [0.29, 0.717) is 11.3 Å². The molecule has 0 radical (unpaired) electrons. The van der Waals surface area contributed by atoms with Crippen LogP contribution in [0.4, 0.5) is 10.1 Å². The van der Waals surface area contributed by atoms with Gasteiger partial charge in [0, 0.05) is 11.8 Å². The van der Waals surface area contributed by atoms with Crippen molar-refractivity contribution in [3.63, 3.8) is 0 Å². The van der Waals surface area contributed by atoms with Crippen LogP contribution in [-0.2, 0) is 6.61 Å². The molecule has 0 bridgehead atoms. The zero-order valence-electron chi connectivity index (χ0n) is 10.5. The number of nitrogen functional groups attached to an aromatic ring is 1. The van der Waals surface area contributed by atoms with E-state index in [1.807, 2.05) is 6.07 Å². The maximum absolute atomic E-state index is 13.6. The number of rotatable bonds is 3. The minimum Gasteiger partial charge on any atom is -0.486 e. The number of nitrogens with two attached hydrogens (primary N) is 1. The summed E-state index contributed by atoms with van der Waals surface area (Å²) >= 11 is 0. The molecule has 19 heavy (non-hydrogen) atoms. The molecule has 0 aliphatic heterocycles. The second kappa shape index (κ2) is 5.40. The van der Waals surface area contributed by atoms with Gasteiger partial charge in [-0.05, 0) is 36.2 Å². The van der Waals surface area contributed by atoms with Gasteiger partial charge in [0.25, 0.3) is 0 Å². The van der Waals surface area contributed by atoms with Crippen molar-refractivity contribution in [2.45, 2.75) is 13.5 Å². The number of nitrogens with zero attached hydrogens (tertiary/aromatic N) is 1. The lowest BCUT2D eigenvalue weighted by molar-refractivity contribution is 0.290. The highest BCUT2D eigenvalue weighted by molar-refractivity contribution is 5.50. The number of benzene rings is 2. The van der Waals surface area contributed by atoms with Crippen LogP contribution in [0.25, 0.3) is 0 Å². The van der Waals surface area contributed by atoms with Crippen LogP contribution in [-0.4, -0.2) is 0 Å². The second-order valence-corrected chi connectivity index (χ2v) is 4.24. The molecule has 2 aromatic carbocycles. The third-order valence-electron chi connectivity index (χ3n) is 2.80. The molecule has 0 amide bonds. The Morgan fingerprint density at radius 2 is 1.95 bits per heavy atom. The molecule has 3 nitrogen and oxygen atoms in total. The van der Waals surface area contributed by atoms with Crippen LogP contribution in [0.2, 0.25) is 0 Å². The predicted molar refractivity (Wildman–Crippen MR) is 71.0 cm³/mol. The lowest BCUT2D eigenvalue weighted by atomic mass is 10.1. The molecule has 0 fully saturated rings. The zero-order valence-corrected chi connectivity index (χ0v) is 10.5. The van der Waals surface area contributed by atoms with Gasteiger partial charge < -0.3 is 10.5 Å². The summed E-state index contributed by atoms with van der Waals surface area (Å²) in [6.07, 6.45) is 0. The van der Waals surface area contributed by atoms with E-state index in [2.05, 4.69) is 0 Å². The quantitative estimate of drug-likeness (QED) is 0.858. The molecule has 2 rings (SSSR count). The van der Waals surface area contributed by atoms with Crippen LogP contribution in [0, 0.1) is 24.1 Å². The SMILES string of the molecule is Cc1cc(OCc2ccc(C#N)cc2)c(F)cc1N. The lowest BCUT2D eigenvalue weighted by Gasteiger charge is -2.09. The highest BCUT2D eigenvalue weighted by atomic mass is 19.1. The molecule has 0 aliphatic rings. The largest absolute Gasteiger partial charge is 0.486 e. The first-order chi connectivity index (χ1) is 9.10. The Hall–Kier alpha value is -2.54. The van der Waals surface area contributed by atoms with Gasteiger partial charge in [0.05, 0.1) is 11.6 Å². The average Bonchev–Trinajstić information content (AvgIpc) is 2.42. The van der Waals surface area contributed by atoms with Crippen molar-refractivity contribution in [3.8, 4) is 11.8 Å². The first-order valence-corrected chi connectivity index (χ1v) is 5.77. The standard InChI is InChI=1S/C15H13FN2O/c1-10-6-15(13(16)7-14(10)18)19-9-12-4-2-11(8-17)3-5-12/h2-7H,9,18H2,1H3. The minimum atomic E-state index is -0.475. The Morgan fingerprint density at radius 1 is 1.26 bits per heavy atom. The Kier molecular flexibility index (Phi) is 3.67. The normalized spacial score (nSPS) is 9.95. The molecule has 0 atom stereocenters. The molecule has 2 N–H and O–H groups in total. The maximum Gasteiger partial charge on any atom is 0.167 e. The summed E-state index contributed by atoms with van der Waals surface area (Å²) in [7, 11) is 0. The summed E-state index contributed by atoms with van der Waals surface area (Å²) in [5, 5.41) is 8.69. The van der Waals surface area contributed by atoms with Crippen LogP contribution < -0.4 is 10.5 Å². The van der Waals surface area contributed by atoms with E-state index in [9.17, 15) is 4.39 Å². The topological polar surface area (TPSA) is 59.0 Å². The fourth-order valence-corrected chi connectivity index (χ4v) is 1.62. The molecule has 2 aromatic rings. The molecular formula is C15H13FN2O. The molecule has 96 valence electrons. The van der Waals surface area contributed by atoms with Crippen molar-refractivity contribution in [2.24, 2.45) is 0 Å². The molecular weight excluding hydrogens is 243 g/mol. The van der Waals surface area contributed by atoms with Crippen molar-refractivity contribution < 1.29 is 9.13 Å². The summed E-state index contributed by atoms with van der Waals surface area (Å²) < 4.78 is 19.0. The smallest absolute Gasteiger partial charge is 0.167 e. The van der Waals surface area contributed by atoms with Crippen LogP contribution in [0.3, 0.4) is 0 Å². The number of anilines is 1. The Bertz CT molecular complexity index is 630. The second-order valence-electron chi connectivity index (χ2n) is 4.24. The van der Waals surface area contributed by atoms with E-state index < -0.39 is 5.82 Å². The number of aryl methyl sites for hydroxylation is 1. The van der Waals surface area contributed by atoms with Gasteiger partial charge in [0.15, 0.2) is 11.6 Å². The monoisotopic (exact) mass is 256 g/mol. The van der Waals surface area contributed by atoms with Crippen molar-refractivity contribution in [3.05, 3.63) is 58.9 Å². The molecule has 0 saturated carbocycles. The third kappa shape index (κ3) is 3.02. The first-order valence-electron chi connectivity index (χ1n) is 5.77. The van der Waals surface area contributed by atoms with E-state index in [1.54, 1.807) is 37.3 Å². The van der Waals surface area contributed by atoms with Crippen molar-refractivity contribution in [1.82, 2.24) is 0 Å². The Morgan fingerprint density at radius 3 is 2.58 bits per heavy atom. The third-order valence-corrected chi connectivity index (χ3v) is 2.80. The van der Waals surface area contributed by atoms with Crippen molar-refractivity contribution in [1.29, 1.82) is 5.26 Å². The van der Waals surface area contributed by atoms with Crippen molar-refractivity contribution >= 4 is 5.69 Å².